The fourth-order valence-corrected chi connectivity index (χ4v) is 2.86. The van der Waals surface area contributed by atoms with Gasteiger partial charge in [-0.05, 0) is 52.6 Å². The average molecular weight is 236 g/mol. The second kappa shape index (κ2) is 4.83. The van der Waals surface area contributed by atoms with E-state index in [1.165, 1.54) is 12.0 Å². The smallest absolute Gasteiger partial charge is 0.105 e. The Labute approximate surface area is 104 Å². The van der Waals surface area contributed by atoms with Gasteiger partial charge in [0.2, 0.25) is 0 Å². The minimum atomic E-state index is 0.305. The van der Waals surface area contributed by atoms with Crippen molar-refractivity contribution < 1.29 is 4.42 Å². The summed E-state index contributed by atoms with van der Waals surface area (Å²) in [6, 6.07) is 2.91. The molecule has 1 fully saturated rings. The normalized spacial score (nSPS) is 25.1. The van der Waals surface area contributed by atoms with E-state index in [0.29, 0.717) is 18.0 Å². The molecule has 2 N–H and O–H groups in total. The molecule has 96 valence electrons. The lowest BCUT2D eigenvalue weighted by Gasteiger charge is -2.24. The van der Waals surface area contributed by atoms with Crippen molar-refractivity contribution in [2.24, 2.45) is 11.7 Å². The van der Waals surface area contributed by atoms with E-state index in [-0.39, 0.29) is 0 Å². The molecule has 0 radical (unpaired) electrons. The maximum atomic E-state index is 5.99. The number of rotatable bonds is 3. The molecule has 0 spiro atoms. The van der Waals surface area contributed by atoms with Gasteiger partial charge in [0.05, 0.1) is 0 Å². The van der Waals surface area contributed by atoms with Crippen LogP contribution < -0.4 is 5.73 Å². The van der Waals surface area contributed by atoms with Crippen molar-refractivity contribution in [1.82, 2.24) is 4.90 Å². The molecule has 1 aromatic rings. The van der Waals surface area contributed by atoms with Gasteiger partial charge in [0.25, 0.3) is 0 Å². The zero-order valence-corrected chi connectivity index (χ0v) is 11.4. The van der Waals surface area contributed by atoms with Crippen LogP contribution in [0, 0.1) is 19.8 Å². The molecule has 3 heteroatoms. The number of aryl methyl sites for hydroxylation is 2. The van der Waals surface area contributed by atoms with Crippen LogP contribution in [0.1, 0.15) is 43.4 Å². The van der Waals surface area contributed by atoms with E-state index < -0.39 is 0 Å². The molecular weight excluding hydrogens is 212 g/mol. The number of nitrogens with zero attached hydrogens (tertiary/aromatic N) is 1. The van der Waals surface area contributed by atoms with Crippen LogP contribution in [-0.4, -0.2) is 24.0 Å². The molecule has 0 aromatic carbocycles. The summed E-state index contributed by atoms with van der Waals surface area (Å²) >= 11 is 0. The predicted octanol–water partition coefficient (Wildman–Crippen LogP) is 2.63. The van der Waals surface area contributed by atoms with Gasteiger partial charge in [-0.25, -0.2) is 0 Å². The third-order valence-corrected chi connectivity index (χ3v) is 4.08. The Balaban J connectivity index is 2.06. The van der Waals surface area contributed by atoms with Crippen LogP contribution in [0.3, 0.4) is 0 Å². The highest BCUT2D eigenvalue weighted by atomic mass is 16.3. The quantitative estimate of drug-likeness (QED) is 0.877. The van der Waals surface area contributed by atoms with Crippen LogP contribution in [0.4, 0.5) is 0 Å². The molecule has 3 atom stereocenters. The van der Waals surface area contributed by atoms with Gasteiger partial charge in [0.15, 0.2) is 0 Å². The Morgan fingerprint density at radius 3 is 2.59 bits per heavy atom. The molecule has 0 amide bonds. The molecule has 1 aliphatic rings. The van der Waals surface area contributed by atoms with E-state index in [0.717, 1.165) is 24.6 Å². The topological polar surface area (TPSA) is 42.4 Å². The molecule has 1 saturated heterocycles. The lowest BCUT2D eigenvalue weighted by molar-refractivity contribution is 0.246. The Morgan fingerprint density at radius 1 is 1.41 bits per heavy atom. The van der Waals surface area contributed by atoms with Crippen LogP contribution in [0.25, 0.3) is 0 Å². The van der Waals surface area contributed by atoms with Gasteiger partial charge in [-0.3, -0.25) is 4.90 Å². The SMILES string of the molecule is Cc1cc(C(C)N2CCC(C(C)N)C2)c(C)o1. The molecule has 2 rings (SSSR count). The minimum absolute atomic E-state index is 0.305. The summed E-state index contributed by atoms with van der Waals surface area (Å²) in [6.45, 7) is 10.7. The highest BCUT2D eigenvalue weighted by Crippen LogP contribution is 2.31. The van der Waals surface area contributed by atoms with Crippen molar-refractivity contribution in [2.45, 2.75) is 46.2 Å². The summed E-state index contributed by atoms with van der Waals surface area (Å²) in [5, 5.41) is 0. The fraction of sp³-hybridized carbons (Fsp3) is 0.714. The summed E-state index contributed by atoms with van der Waals surface area (Å²) < 4.78 is 5.62. The van der Waals surface area contributed by atoms with Crippen molar-refractivity contribution in [3.8, 4) is 0 Å². The van der Waals surface area contributed by atoms with Crippen LogP contribution in [-0.2, 0) is 0 Å². The van der Waals surface area contributed by atoms with Crippen molar-refractivity contribution in [3.05, 3.63) is 23.2 Å². The first kappa shape index (κ1) is 12.7. The number of likely N-dealkylation sites (tertiary alicyclic amines) is 1. The first-order valence-corrected chi connectivity index (χ1v) is 6.55. The highest BCUT2D eigenvalue weighted by Gasteiger charge is 2.29. The average Bonchev–Trinajstić information content (AvgIpc) is 2.84. The van der Waals surface area contributed by atoms with Gasteiger partial charge in [-0.2, -0.15) is 0 Å². The molecule has 17 heavy (non-hydrogen) atoms. The third kappa shape index (κ3) is 2.55. The molecule has 3 unspecified atom stereocenters. The number of hydrogen-bond donors (Lipinski definition) is 1. The van der Waals surface area contributed by atoms with Crippen LogP contribution in [0.15, 0.2) is 10.5 Å². The van der Waals surface area contributed by atoms with E-state index >= 15 is 0 Å². The Hall–Kier alpha value is -0.800. The van der Waals surface area contributed by atoms with Gasteiger partial charge >= 0.3 is 0 Å². The van der Waals surface area contributed by atoms with Gasteiger partial charge < -0.3 is 10.2 Å². The van der Waals surface area contributed by atoms with Crippen molar-refractivity contribution >= 4 is 0 Å². The van der Waals surface area contributed by atoms with E-state index in [1.807, 2.05) is 6.92 Å². The van der Waals surface area contributed by atoms with Gasteiger partial charge in [0.1, 0.15) is 11.5 Å². The van der Waals surface area contributed by atoms with Crippen LogP contribution >= 0.6 is 0 Å². The maximum absolute atomic E-state index is 5.99. The standard InChI is InChI=1S/C14H24N2O/c1-9-7-14(12(4)17-9)11(3)16-6-5-13(8-16)10(2)15/h7,10-11,13H,5-6,8,15H2,1-4H3. The van der Waals surface area contributed by atoms with E-state index in [2.05, 4.69) is 31.7 Å². The number of hydrogen-bond acceptors (Lipinski definition) is 3. The molecular formula is C14H24N2O. The molecule has 3 nitrogen and oxygen atoms in total. The van der Waals surface area contributed by atoms with E-state index in [4.69, 9.17) is 10.2 Å². The van der Waals surface area contributed by atoms with Crippen molar-refractivity contribution in [3.63, 3.8) is 0 Å². The first-order chi connectivity index (χ1) is 7.99. The van der Waals surface area contributed by atoms with Gasteiger partial charge in [-0.1, -0.05) is 0 Å². The summed E-state index contributed by atoms with van der Waals surface area (Å²) in [4.78, 5) is 2.52. The van der Waals surface area contributed by atoms with Crippen molar-refractivity contribution in [1.29, 1.82) is 0 Å². The van der Waals surface area contributed by atoms with Crippen molar-refractivity contribution in [2.75, 3.05) is 13.1 Å². The number of nitrogens with two attached hydrogens (primary N) is 1. The molecule has 0 saturated carbocycles. The molecule has 1 aliphatic heterocycles. The minimum Gasteiger partial charge on any atom is -0.466 e. The zero-order chi connectivity index (χ0) is 12.6. The molecule has 0 bridgehead atoms. The largest absolute Gasteiger partial charge is 0.466 e. The Kier molecular flexibility index (Phi) is 3.59. The summed E-state index contributed by atoms with van der Waals surface area (Å²) in [5.41, 5.74) is 7.31. The van der Waals surface area contributed by atoms with Gasteiger partial charge in [0, 0.05) is 24.2 Å². The molecule has 0 aliphatic carbocycles. The summed E-state index contributed by atoms with van der Waals surface area (Å²) in [7, 11) is 0. The fourth-order valence-electron chi connectivity index (χ4n) is 2.86. The third-order valence-electron chi connectivity index (χ3n) is 4.08. The van der Waals surface area contributed by atoms with E-state index in [9.17, 15) is 0 Å². The van der Waals surface area contributed by atoms with E-state index in [1.54, 1.807) is 0 Å². The summed E-state index contributed by atoms with van der Waals surface area (Å²) in [5.74, 6) is 2.71. The monoisotopic (exact) mass is 236 g/mol. The lowest BCUT2D eigenvalue weighted by atomic mass is 10.0. The molecule has 2 heterocycles. The predicted molar refractivity (Wildman–Crippen MR) is 69.9 cm³/mol. The first-order valence-electron chi connectivity index (χ1n) is 6.55. The second-order valence-electron chi connectivity index (χ2n) is 5.45. The highest BCUT2D eigenvalue weighted by molar-refractivity contribution is 5.23. The zero-order valence-electron chi connectivity index (χ0n) is 11.4. The van der Waals surface area contributed by atoms with Crippen LogP contribution in [0.2, 0.25) is 0 Å². The maximum Gasteiger partial charge on any atom is 0.105 e. The Bertz CT molecular complexity index is 384. The van der Waals surface area contributed by atoms with Gasteiger partial charge in [-0.15, -0.1) is 0 Å². The summed E-state index contributed by atoms with van der Waals surface area (Å²) in [6.07, 6.45) is 1.22. The lowest BCUT2D eigenvalue weighted by Crippen LogP contribution is -2.31. The van der Waals surface area contributed by atoms with Crippen LogP contribution in [0.5, 0.6) is 0 Å². The molecule has 1 aromatic heterocycles. The second-order valence-corrected chi connectivity index (χ2v) is 5.45. The Morgan fingerprint density at radius 2 is 2.12 bits per heavy atom. The number of furan rings is 1.